The molecule has 0 saturated heterocycles. The number of rotatable bonds is 3. The summed E-state index contributed by atoms with van der Waals surface area (Å²) in [5, 5.41) is 3.50. The molecular formula is C12H14N2OS2. The first-order valence-electron chi connectivity index (χ1n) is 5.45. The number of nitrogens with one attached hydrogen (secondary N) is 1. The van der Waals surface area contributed by atoms with E-state index < -0.39 is 0 Å². The SMILES string of the molecule is C[C@@H](Sc1ccccc1)C(=O)NC1=NCCS1. The fourth-order valence-electron chi connectivity index (χ4n) is 1.37. The topological polar surface area (TPSA) is 41.5 Å². The molecule has 1 aromatic carbocycles. The molecule has 90 valence electrons. The van der Waals surface area contributed by atoms with E-state index >= 15 is 0 Å². The maximum absolute atomic E-state index is 11.9. The standard InChI is InChI=1S/C12H14N2OS2/c1-9(17-10-5-3-2-4-6-10)11(15)14-12-13-7-8-16-12/h2-6,9H,7-8H2,1H3,(H,13,14,15)/t9-/m1/s1. The van der Waals surface area contributed by atoms with Gasteiger partial charge in [-0.1, -0.05) is 30.0 Å². The summed E-state index contributed by atoms with van der Waals surface area (Å²) in [6.07, 6.45) is 0. The molecule has 0 aromatic heterocycles. The Balaban J connectivity index is 1.87. The lowest BCUT2D eigenvalue weighted by Crippen LogP contribution is -2.33. The van der Waals surface area contributed by atoms with Crippen molar-refractivity contribution in [3.8, 4) is 0 Å². The average Bonchev–Trinajstić information content (AvgIpc) is 2.83. The molecule has 1 aliphatic heterocycles. The van der Waals surface area contributed by atoms with E-state index in [1.54, 1.807) is 23.5 Å². The fraction of sp³-hybridized carbons (Fsp3) is 0.333. The van der Waals surface area contributed by atoms with Crippen LogP contribution in [0.25, 0.3) is 0 Å². The molecule has 1 heterocycles. The molecule has 0 radical (unpaired) electrons. The van der Waals surface area contributed by atoms with Gasteiger partial charge in [-0.15, -0.1) is 11.8 Å². The molecule has 0 bridgehead atoms. The van der Waals surface area contributed by atoms with Gasteiger partial charge >= 0.3 is 0 Å². The number of nitrogens with zero attached hydrogens (tertiary/aromatic N) is 1. The van der Waals surface area contributed by atoms with Crippen LogP contribution in [0.1, 0.15) is 6.92 Å². The number of amidine groups is 1. The number of carbonyl (C=O) groups excluding carboxylic acids is 1. The third-order valence-corrected chi connectivity index (χ3v) is 4.24. The summed E-state index contributed by atoms with van der Waals surface area (Å²) in [4.78, 5) is 17.2. The van der Waals surface area contributed by atoms with Crippen LogP contribution < -0.4 is 5.32 Å². The Morgan fingerprint density at radius 2 is 2.24 bits per heavy atom. The van der Waals surface area contributed by atoms with Gasteiger partial charge in [0.2, 0.25) is 5.91 Å². The molecule has 0 saturated carbocycles. The molecule has 0 fully saturated rings. The maximum atomic E-state index is 11.9. The predicted octanol–water partition coefficient (Wildman–Crippen LogP) is 2.39. The normalized spacial score (nSPS) is 16.4. The zero-order valence-electron chi connectivity index (χ0n) is 9.55. The lowest BCUT2D eigenvalue weighted by atomic mass is 10.4. The molecule has 2 rings (SSSR count). The Bertz CT molecular complexity index is 420. The van der Waals surface area contributed by atoms with Gasteiger partial charge in [-0.3, -0.25) is 9.79 Å². The molecule has 1 atom stereocenters. The summed E-state index contributed by atoms with van der Waals surface area (Å²) >= 11 is 3.16. The Hall–Kier alpha value is -0.940. The van der Waals surface area contributed by atoms with Gasteiger partial charge in [0.05, 0.1) is 11.8 Å². The van der Waals surface area contributed by atoms with Crippen LogP contribution >= 0.6 is 23.5 Å². The highest BCUT2D eigenvalue weighted by Crippen LogP contribution is 2.23. The fourth-order valence-corrected chi connectivity index (χ4v) is 2.99. The van der Waals surface area contributed by atoms with Gasteiger partial charge in [0.15, 0.2) is 5.17 Å². The Morgan fingerprint density at radius 1 is 1.47 bits per heavy atom. The molecule has 0 unspecified atom stereocenters. The predicted molar refractivity (Wildman–Crippen MR) is 74.7 cm³/mol. The monoisotopic (exact) mass is 266 g/mol. The molecule has 1 aliphatic rings. The lowest BCUT2D eigenvalue weighted by molar-refractivity contribution is -0.118. The van der Waals surface area contributed by atoms with E-state index in [9.17, 15) is 4.79 Å². The minimum atomic E-state index is -0.110. The first-order valence-corrected chi connectivity index (χ1v) is 7.32. The second kappa shape index (κ2) is 6.12. The van der Waals surface area contributed by atoms with Crippen LogP contribution in [0.5, 0.6) is 0 Å². The first kappa shape index (κ1) is 12.5. The Kier molecular flexibility index (Phi) is 4.50. The third-order valence-electron chi connectivity index (χ3n) is 2.24. The van der Waals surface area contributed by atoms with E-state index in [-0.39, 0.29) is 11.2 Å². The van der Waals surface area contributed by atoms with Crippen LogP contribution in [0, 0.1) is 0 Å². The van der Waals surface area contributed by atoms with Crippen molar-refractivity contribution in [3.63, 3.8) is 0 Å². The number of aliphatic imine (C=N–C) groups is 1. The second-order valence-corrected chi connectivity index (χ2v) is 6.10. The summed E-state index contributed by atoms with van der Waals surface area (Å²) in [5.74, 6) is 0.988. The van der Waals surface area contributed by atoms with Gasteiger partial charge in [-0.2, -0.15) is 0 Å². The highest BCUT2D eigenvalue weighted by molar-refractivity contribution is 8.14. The Morgan fingerprint density at radius 3 is 2.88 bits per heavy atom. The van der Waals surface area contributed by atoms with Crippen molar-refractivity contribution in [2.45, 2.75) is 17.1 Å². The Labute approximate surface area is 109 Å². The quantitative estimate of drug-likeness (QED) is 0.854. The van der Waals surface area contributed by atoms with Crippen molar-refractivity contribution in [1.29, 1.82) is 0 Å². The van der Waals surface area contributed by atoms with Gasteiger partial charge in [0.1, 0.15) is 0 Å². The van der Waals surface area contributed by atoms with E-state index in [0.29, 0.717) is 0 Å². The number of amides is 1. The molecule has 1 amide bonds. The van der Waals surface area contributed by atoms with Crippen LogP contribution in [0.15, 0.2) is 40.2 Å². The summed E-state index contributed by atoms with van der Waals surface area (Å²) in [6.45, 7) is 2.72. The summed E-state index contributed by atoms with van der Waals surface area (Å²) in [5.41, 5.74) is 0. The largest absolute Gasteiger partial charge is 0.304 e. The second-order valence-electron chi connectivity index (χ2n) is 3.60. The highest BCUT2D eigenvalue weighted by atomic mass is 32.2. The van der Waals surface area contributed by atoms with Crippen molar-refractivity contribution in [1.82, 2.24) is 5.32 Å². The van der Waals surface area contributed by atoms with Crippen molar-refractivity contribution in [3.05, 3.63) is 30.3 Å². The summed E-state index contributed by atoms with van der Waals surface area (Å²) in [6, 6.07) is 9.94. The summed E-state index contributed by atoms with van der Waals surface area (Å²) < 4.78 is 0. The zero-order valence-corrected chi connectivity index (χ0v) is 11.2. The summed E-state index contributed by atoms with van der Waals surface area (Å²) in [7, 11) is 0. The van der Waals surface area contributed by atoms with E-state index in [0.717, 1.165) is 22.4 Å². The van der Waals surface area contributed by atoms with Crippen molar-refractivity contribution < 1.29 is 4.79 Å². The molecule has 1 N–H and O–H groups in total. The van der Waals surface area contributed by atoms with E-state index in [1.165, 1.54) is 0 Å². The van der Waals surface area contributed by atoms with Gasteiger partial charge in [0, 0.05) is 10.6 Å². The van der Waals surface area contributed by atoms with Crippen LogP contribution in [0.4, 0.5) is 0 Å². The lowest BCUT2D eigenvalue weighted by Gasteiger charge is -2.11. The number of hydrogen-bond acceptors (Lipinski definition) is 4. The average molecular weight is 266 g/mol. The van der Waals surface area contributed by atoms with E-state index in [2.05, 4.69) is 10.3 Å². The van der Waals surface area contributed by atoms with E-state index in [4.69, 9.17) is 0 Å². The van der Waals surface area contributed by atoms with Crippen LogP contribution in [-0.2, 0) is 4.79 Å². The smallest absolute Gasteiger partial charge is 0.239 e. The number of carbonyl (C=O) groups is 1. The van der Waals surface area contributed by atoms with Crippen LogP contribution in [0.2, 0.25) is 0 Å². The van der Waals surface area contributed by atoms with Gasteiger partial charge in [-0.05, 0) is 19.1 Å². The minimum Gasteiger partial charge on any atom is -0.304 e. The van der Waals surface area contributed by atoms with Gasteiger partial charge in [-0.25, -0.2) is 0 Å². The minimum absolute atomic E-state index is 0.0204. The van der Waals surface area contributed by atoms with Crippen molar-refractivity contribution >= 4 is 34.6 Å². The zero-order chi connectivity index (χ0) is 12.1. The molecule has 0 aliphatic carbocycles. The molecular weight excluding hydrogens is 252 g/mol. The first-order chi connectivity index (χ1) is 8.25. The van der Waals surface area contributed by atoms with Crippen molar-refractivity contribution in [2.75, 3.05) is 12.3 Å². The van der Waals surface area contributed by atoms with Gasteiger partial charge in [0.25, 0.3) is 0 Å². The molecule has 3 nitrogen and oxygen atoms in total. The number of thioether (sulfide) groups is 2. The highest BCUT2D eigenvalue weighted by Gasteiger charge is 2.17. The molecule has 5 heteroatoms. The van der Waals surface area contributed by atoms with Crippen molar-refractivity contribution in [2.24, 2.45) is 4.99 Å². The molecule has 0 spiro atoms. The molecule has 17 heavy (non-hydrogen) atoms. The van der Waals surface area contributed by atoms with Gasteiger partial charge < -0.3 is 5.32 Å². The number of benzene rings is 1. The maximum Gasteiger partial charge on any atom is 0.239 e. The third kappa shape index (κ3) is 3.78. The van der Waals surface area contributed by atoms with E-state index in [1.807, 2.05) is 37.3 Å². The van der Waals surface area contributed by atoms with Crippen LogP contribution in [-0.4, -0.2) is 28.6 Å². The number of hydrogen-bond donors (Lipinski definition) is 1. The molecule has 1 aromatic rings. The van der Waals surface area contributed by atoms with Crippen LogP contribution in [0.3, 0.4) is 0 Å².